The number of aliphatic hydroxyl groups excluding tert-OH is 1. The predicted molar refractivity (Wildman–Crippen MR) is 97.1 cm³/mol. The van der Waals surface area contributed by atoms with Gasteiger partial charge in [0.05, 0.1) is 11.2 Å². The molecule has 0 unspecified atom stereocenters. The molecule has 0 spiro atoms. The SMILES string of the molecule is O=C1S/C(=C\c2ccco2)C(=O)N1CCC(=O)N1CCCC[C@H]1CCO. The fraction of sp³-hybridized carbons (Fsp3) is 0.500. The molecule has 3 amide bonds. The summed E-state index contributed by atoms with van der Waals surface area (Å²) >= 11 is 0.857. The van der Waals surface area contributed by atoms with Crippen molar-refractivity contribution < 1.29 is 23.9 Å². The van der Waals surface area contributed by atoms with Crippen molar-refractivity contribution in [2.24, 2.45) is 0 Å². The number of amides is 3. The normalized spacial score (nSPS) is 22.5. The molecule has 0 saturated carbocycles. The Morgan fingerprint density at radius 3 is 2.96 bits per heavy atom. The molecule has 26 heavy (non-hydrogen) atoms. The zero-order valence-electron chi connectivity index (χ0n) is 14.4. The monoisotopic (exact) mass is 378 g/mol. The fourth-order valence-corrected chi connectivity index (χ4v) is 4.17. The van der Waals surface area contributed by atoms with Gasteiger partial charge < -0.3 is 14.4 Å². The lowest BCUT2D eigenvalue weighted by molar-refractivity contribution is -0.135. The van der Waals surface area contributed by atoms with E-state index in [0.29, 0.717) is 23.6 Å². The Balaban J connectivity index is 1.59. The Kier molecular flexibility index (Phi) is 6.16. The van der Waals surface area contributed by atoms with Crippen LogP contribution < -0.4 is 0 Å². The third kappa shape index (κ3) is 4.19. The Labute approximate surface area is 156 Å². The standard InChI is InChI=1S/C18H22N2O5S/c21-10-7-13-4-1-2-8-19(13)16(22)6-9-20-17(23)15(26-18(20)24)12-14-5-3-11-25-14/h3,5,11-13,21H,1-2,4,6-10H2/b15-12-/t13-/m0/s1. The van der Waals surface area contributed by atoms with E-state index in [0.717, 1.165) is 35.9 Å². The minimum Gasteiger partial charge on any atom is -0.465 e. The van der Waals surface area contributed by atoms with Crippen molar-refractivity contribution >= 4 is 34.9 Å². The van der Waals surface area contributed by atoms with Crippen molar-refractivity contribution in [1.29, 1.82) is 0 Å². The first-order chi connectivity index (χ1) is 12.6. The van der Waals surface area contributed by atoms with Crippen LogP contribution >= 0.6 is 11.8 Å². The maximum atomic E-state index is 12.5. The summed E-state index contributed by atoms with van der Waals surface area (Å²) in [6.07, 6.45) is 6.59. The number of carbonyl (C=O) groups excluding carboxylic acids is 3. The van der Waals surface area contributed by atoms with E-state index in [1.54, 1.807) is 17.0 Å². The van der Waals surface area contributed by atoms with E-state index in [1.807, 2.05) is 0 Å². The van der Waals surface area contributed by atoms with Gasteiger partial charge >= 0.3 is 0 Å². The number of likely N-dealkylation sites (tertiary alicyclic amines) is 1. The predicted octanol–water partition coefficient (Wildman–Crippen LogP) is 2.47. The van der Waals surface area contributed by atoms with E-state index in [4.69, 9.17) is 4.42 Å². The molecule has 1 N–H and O–H groups in total. The number of aliphatic hydroxyl groups is 1. The highest BCUT2D eigenvalue weighted by Crippen LogP contribution is 2.32. The molecule has 1 atom stereocenters. The Morgan fingerprint density at radius 2 is 2.23 bits per heavy atom. The summed E-state index contributed by atoms with van der Waals surface area (Å²) in [7, 11) is 0. The summed E-state index contributed by atoms with van der Waals surface area (Å²) < 4.78 is 5.17. The van der Waals surface area contributed by atoms with Crippen molar-refractivity contribution in [3.05, 3.63) is 29.1 Å². The second kappa shape index (κ2) is 8.55. The highest BCUT2D eigenvalue weighted by Gasteiger charge is 2.36. The average Bonchev–Trinajstić information content (AvgIpc) is 3.23. The highest BCUT2D eigenvalue weighted by atomic mass is 32.2. The van der Waals surface area contributed by atoms with Gasteiger partial charge in [0.15, 0.2) is 0 Å². The molecule has 8 heteroatoms. The van der Waals surface area contributed by atoms with E-state index in [2.05, 4.69) is 0 Å². The largest absolute Gasteiger partial charge is 0.465 e. The van der Waals surface area contributed by atoms with Gasteiger partial charge in [-0.2, -0.15) is 0 Å². The molecule has 1 aromatic heterocycles. The average molecular weight is 378 g/mol. The molecule has 2 fully saturated rings. The lowest BCUT2D eigenvalue weighted by Gasteiger charge is -2.36. The maximum absolute atomic E-state index is 12.5. The number of hydrogen-bond acceptors (Lipinski definition) is 6. The summed E-state index contributed by atoms with van der Waals surface area (Å²) in [5.41, 5.74) is 0. The van der Waals surface area contributed by atoms with Gasteiger partial charge in [-0.05, 0) is 49.6 Å². The van der Waals surface area contributed by atoms with Crippen LogP contribution in [0.3, 0.4) is 0 Å². The molecular formula is C18H22N2O5S. The molecule has 3 heterocycles. The van der Waals surface area contributed by atoms with Gasteiger partial charge in [0.1, 0.15) is 5.76 Å². The van der Waals surface area contributed by atoms with Crippen molar-refractivity contribution in [3.63, 3.8) is 0 Å². The van der Waals surface area contributed by atoms with Gasteiger partial charge in [0, 0.05) is 38.2 Å². The molecule has 0 radical (unpaired) electrons. The number of carbonyl (C=O) groups is 3. The molecular weight excluding hydrogens is 356 g/mol. The van der Waals surface area contributed by atoms with Gasteiger partial charge in [-0.25, -0.2) is 0 Å². The van der Waals surface area contributed by atoms with Crippen LogP contribution in [-0.4, -0.2) is 57.7 Å². The third-order valence-electron chi connectivity index (χ3n) is 4.65. The lowest BCUT2D eigenvalue weighted by atomic mass is 9.99. The van der Waals surface area contributed by atoms with Crippen molar-refractivity contribution in [2.45, 2.75) is 38.1 Å². The Bertz CT molecular complexity index is 698. The highest BCUT2D eigenvalue weighted by molar-refractivity contribution is 8.18. The first kappa shape index (κ1) is 18.7. The molecule has 7 nitrogen and oxygen atoms in total. The number of imide groups is 1. The topological polar surface area (TPSA) is 91.1 Å². The van der Waals surface area contributed by atoms with Crippen LogP contribution in [0.4, 0.5) is 4.79 Å². The number of piperidine rings is 1. The summed E-state index contributed by atoms with van der Waals surface area (Å²) in [5.74, 6) is 0.0405. The summed E-state index contributed by atoms with van der Waals surface area (Å²) in [5, 5.41) is 8.80. The number of furan rings is 1. The van der Waals surface area contributed by atoms with Crippen LogP contribution in [0.1, 0.15) is 37.9 Å². The van der Waals surface area contributed by atoms with E-state index < -0.39 is 5.91 Å². The molecule has 2 aliphatic rings. The van der Waals surface area contributed by atoms with Gasteiger partial charge in [0.25, 0.3) is 11.1 Å². The first-order valence-corrected chi connectivity index (χ1v) is 9.61. The second-order valence-electron chi connectivity index (χ2n) is 6.35. The third-order valence-corrected chi connectivity index (χ3v) is 5.56. The van der Waals surface area contributed by atoms with E-state index in [9.17, 15) is 19.5 Å². The number of nitrogens with zero attached hydrogens (tertiary/aromatic N) is 2. The van der Waals surface area contributed by atoms with Gasteiger partial charge in [0.2, 0.25) is 5.91 Å². The zero-order chi connectivity index (χ0) is 18.5. The van der Waals surface area contributed by atoms with Crippen molar-refractivity contribution in [1.82, 2.24) is 9.80 Å². The smallest absolute Gasteiger partial charge is 0.293 e. The second-order valence-corrected chi connectivity index (χ2v) is 7.34. The van der Waals surface area contributed by atoms with E-state index in [-0.39, 0.29) is 36.8 Å². The van der Waals surface area contributed by atoms with Crippen LogP contribution in [0.5, 0.6) is 0 Å². The van der Waals surface area contributed by atoms with Gasteiger partial charge in [-0.1, -0.05) is 0 Å². The number of rotatable bonds is 6. The Hall–Kier alpha value is -2.06. The van der Waals surface area contributed by atoms with Crippen molar-refractivity contribution in [3.8, 4) is 0 Å². The lowest BCUT2D eigenvalue weighted by Crippen LogP contribution is -2.45. The minimum absolute atomic E-state index is 0.0507. The van der Waals surface area contributed by atoms with Crippen LogP contribution in [0.15, 0.2) is 27.7 Å². The molecule has 140 valence electrons. The summed E-state index contributed by atoms with van der Waals surface area (Å²) in [6, 6.07) is 3.46. The van der Waals surface area contributed by atoms with Gasteiger partial charge in [-0.3, -0.25) is 19.3 Å². The summed E-state index contributed by atoms with van der Waals surface area (Å²) in [4.78, 5) is 40.3. The Morgan fingerprint density at radius 1 is 1.38 bits per heavy atom. The molecule has 2 aliphatic heterocycles. The quantitative estimate of drug-likeness (QED) is 0.765. The van der Waals surface area contributed by atoms with Gasteiger partial charge in [-0.15, -0.1) is 0 Å². The molecule has 3 rings (SSSR count). The first-order valence-electron chi connectivity index (χ1n) is 8.79. The maximum Gasteiger partial charge on any atom is 0.293 e. The van der Waals surface area contributed by atoms with Crippen molar-refractivity contribution in [2.75, 3.05) is 19.7 Å². The minimum atomic E-state index is -0.394. The van der Waals surface area contributed by atoms with E-state index in [1.165, 1.54) is 12.3 Å². The molecule has 0 aliphatic carbocycles. The van der Waals surface area contributed by atoms with Crippen LogP contribution in [0, 0.1) is 0 Å². The summed E-state index contributed by atoms with van der Waals surface area (Å²) in [6.45, 7) is 0.792. The molecule has 2 saturated heterocycles. The van der Waals surface area contributed by atoms with E-state index >= 15 is 0 Å². The van der Waals surface area contributed by atoms with Crippen LogP contribution in [0.2, 0.25) is 0 Å². The molecule has 1 aromatic rings. The number of hydrogen-bond donors (Lipinski definition) is 1. The zero-order valence-corrected chi connectivity index (χ0v) is 15.2. The molecule has 0 bridgehead atoms. The number of thioether (sulfide) groups is 1. The van der Waals surface area contributed by atoms with Crippen LogP contribution in [0.25, 0.3) is 6.08 Å². The molecule has 0 aromatic carbocycles. The van der Waals surface area contributed by atoms with Crippen LogP contribution in [-0.2, 0) is 9.59 Å². The fourth-order valence-electron chi connectivity index (χ4n) is 3.32.